The molecule has 0 atom stereocenters. The topological polar surface area (TPSA) is 25.5 Å². The van der Waals surface area contributed by atoms with Crippen LogP contribution in [0.2, 0.25) is 0 Å². The number of furan rings is 1. The van der Waals surface area contributed by atoms with Crippen molar-refractivity contribution in [3.8, 4) is 0 Å². The van der Waals surface area contributed by atoms with E-state index in [0.717, 1.165) is 23.4 Å². The maximum atomic E-state index is 5.15. The van der Waals surface area contributed by atoms with Crippen molar-refractivity contribution in [3.63, 3.8) is 0 Å². The van der Waals surface area contributed by atoms with Gasteiger partial charge in [0.25, 0.3) is 5.69 Å². The van der Waals surface area contributed by atoms with Gasteiger partial charge in [-0.3, -0.25) is 0 Å². The second kappa shape index (κ2) is 1.42. The van der Waals surface area contributed by atoms with Crippen LogP contribution < -0.4 is 0 Å². The largest absolute Gasteiger partial charge is 0.442 e. The van der Waals surface area contributed by atoms with Crippen LogP contribution in [0.25, 0.3) is 0 Å². The summed E-state index contributed by atoms with van der Waals surface area (Å²) in [6.45, 7) is 1.98. The number of rotatable bonds is 0. The molecule has 0 spiro atoms. The van der Waals surface area contributed by atoms with E-state index in [9.17, 15) is 0 Å². The van der Waals surface area contributed by atoms with Gasteiger partial charge in [-0.2, -0.15) is 0 Å². The lowest BCUT2D eigenvalue weighted by atomic mass is 10.3. The summed E-state index contributed by atoms with van der Waals surface area (Å²) in [4.78, 5) is 4.02. The molecule has 0 radical (unpaired) electrons. The normalized spacial score (nSPS) is 13.4. The zero-order chi connectivity index (χ0) is 6.27. The van der Waals surface area contributed by atoms with Crippen molar-refractivity contribution >= 4 is 11.9 Å². The van der Waals surface area contributed by atoms with Crippen LogP contribution in [0.15, 0.2) is 15.7 Å². The molecule has 2 rings (SSSR count). The van der Waals surface area contributed by atoms with E-state index in [2.05, 4.69) is 11.2 Å². The maximum absolute atomic E-state index is 5.15. The summed E-state index contributed by atoms with van der Waals surface area (Å²) >= 11 is 0. The first-order chi connectivity index (χ1) is 4.38. The van der Waals surface area contributed by atoms with Gasteiger partial charge in [0.2, 0.25) is 5.76 Å². The minimum absolute atomic E-state index is 0.739. The van der Waals surface area contributed by atoms with Crippen molar-refractivity contribution in [3.05, 3.63) is 17.6 Å². The molecule has 1 aromatic rings. The molecule has 9 heavy (non-hydrogen) atoms. The van der Waals surface area contributed by atoms with Crippen LogP contribution in [0, 0.1) is 6.92 Å². The summed E-state index contributed by atoms with van der Waals surface area (Å²) in [5, 5.41) is 0. The molecule has 1 aliphatic heterocycles. The van der Waals surface area contributed by atoms with E-state index in [1.54, 1.807) is 6.26 Å². The average Bonchev–Trinajstić information content (AvgIpc) is 2.35. The molecule has 0 N–H and O–H groups in total. The van der Waals surface area contributed by atoms with Crippen molar-refractivity contribution in [1.29, 1.82) is 0 Å². The molecular weight excluding hydrogens is 114 g/mol. The highest BCUT2D eigenvalue weighted by Crippen LogP contribution is 2.29. The Morgan fingerprint density at radius 3 is 3.44 bits per heavy atom. The highest BCUT2D eigenvalue weighted by Gasteiger charge is 2.24. The summed E-state index contributed by atoms with van der Waals surface area (Å²) in [6.07, 6.45) is 5.31. The minimum Gasteiger partial charge on any atom is -0.442 e. The minimum atomic E-state index is 0.739. The van der Waals surface area contributed by atoms with Crippen LogP contribution in [0.1, 0.15) is 11.3 Å². The molecule has 1 aliphatic rings. The van der Waals surface area contributed by atoms with Gasteiger partial charge in [-0.25, -0.2) is 0 Å². The van der Waals surface area contributed by atoms with Gasteiger partial charge in [-0.05, 0) is 11.9 Å². The fourth-order valence-electron chi connectivity index (χ4n) is 0.957. The van der Waals surface area contributed by atoms with E-state index in [1.165, 1.54) is 0 Å². The van der Waals surface area contributed by atoms with Crippen molar-refractivity contribution in [2.24, 2.45) is 4.99 Å². The molecule has 0 aromatic carbocycles. The van der Waals surface area contributed by atoms with Gasteiger partial charge < -0.3 is 4.42 Å². The van der Waals surface area contributed by atoms with E-state index in [-0.39, 0.29) is 0 Å². The van der Waals surface area contributed by atoms with Crippen LogP contribution in [-0.4, -0.2) is 6.21 Å². The molecule has 2 nitrogen and oxygen atoms in total. The van der Waals surface area contributed by atoms with E-state index >= 15 is 0 Å². The highest BCUT2D eigenvalue weighted by atomic mass is 16.3. The second-order valence-electron chi connectivity index (χ2n) is 2.14. The molecule has 0 amide bonds. The third kappa shape index (κ3) is 0.508. The number of hydrogen-bond donors (Lipinski definition) is 0. The molecule has 44 valence electrons. The summed E-state index contributed by atoms with van der Waals surface area (Å²) in [7, 11) is 0. The smallest absolute Gasteiger partial charge is 0.259 e. The summed E-state index contributed by atoms with van der Waals surface area (Å²) in [6, 6.07) is 0. The number of hydrogen-bond acceptors (Lipinski definition) is 2. The average molecular weight is 120 g/mol. The summed E-state index contributed by atoms with van der Waals surface area (Å²) in [5.74, 6) is 0.951. The zero-order valence-electron chi connectivity index (χ0n) is 5.14. The number of aliphatic imine (C=N–C) groups is 1. The Hall–Kier alpha value is -1.14. The van der Waals surface area contributed by atoms with Crippen molar-refractivity contribution in [1.82, 2.24) is 0 Å². The van der Waals surface area contributed by atoms with Crippen LogP contribution in [-0.2, 0) is 6.42 Å². The number of fused-ring (bicyclic) bond motifs is 1. The first-order valence-corrected chi connectivity index (χ1v) is 2.88. The van der Waals surface area contributed by atoms with Crippen molar-refractivity contribution < 1.29 is 4.42 Å². The zero-order valence-corrected chi connectivity index (χ0v) is 5.14. The van der Waals surface area contributed by atoms with Gasteiger partial charge >= 0.3 is 0 Å². The monoisotopic (exact) mass is 120 g/mol. The first kappa shape index (κ1) is 4.71. The summed E-state index contributed by atoms with van der Waals surface area (Å²) in [5.41, 5.74) is 2.09. The van der Waals surface area contributed by atoms with Gasteiger partial charge in [-0.15, -0.1) is 0 Å². The molecule has 0 fully saturated rings. The van der Waals surface area contributed by atoms with E-state index in [1.807, 2.05) is 6.92 Å². The Balaban J connectivity index is 2.67. The van der Waals surface area contributed by atoms with E-state index < -0.39 is 0 Å². The Morgan fingerprint density at radius 1 is 1.78 bits per heavy atom. The Morgan fingerprint density at radius 2 is 2.67 bits per heavy atom. The number of aryl methyl sites for hydroxylation is 1. The molecule has 0 bridgehead atoms. The van der Waals surface area contributed by atoms with Crippen LogP contribution in [0.4, 0.5) is 5.69 Å². The maximum Gasteiger partial charge on any atom is 0.259 e. The van der Waals surface area contributed by atoms with Gasteiger partial charge in [-0.1, -0.05) is 0 Å². The molecule has 2 heteroatoms. The first-order valence-electron chi connectivity index (χ1n) is 2.88. The third-order valence-corrected chi connectivity index (χ3v) is 1.45. The predicted octanol–water partition coefficient (Wildman–Crippen LogP) is 1.72. The Bertz CT molecular complexity index is 260. The van der Waals surface area contributed by atoms with Gasteiger partial charge in [0.1, 0.15) is 6.26 Å². The van der Waals surface area contributed by atoms with Gasteiger partial charge in [0, 0.05) is 0 Å². The quantitative estimate of drug-likeness (QED) is 0.478. The van der Waals surface area contributed by atoms with Crippen LogP contribution in [0.5, 0.6) is 0 Å². The predicted molar refractivity (Wildman–Crippen MR) is 34.2 cm³/mol. The molecule has 1 aromatic heterocycles. The molecule has 2 heterocycles. The van der Waals surface area contributed by atoms with Crippen LogP contribution in [0.3, 0.4) is 0 Å². The lowest BCUT2D eigenvalue weighted by Gasteiger charge is -1.68. The van der Waals surface area contributed by atoms with E-state index in [0.29, 0.717) is 0 Å². The van der Waals surface area contributed by atoms with Crippen molar-refractivity contribution in [2.45, 2.75) is 13.3 Å². The second-order valence-corrected chi connectivity index (χ2v) is 2.14. The van der Waals surface area contributed by atoms with Crippen LogP contribution >= 0.6 is 0 Å². The van der Waals surface area contributed by atoms with Gasteiger partial charge in [0.05, 0.1) is 5.56 Å². The lowest BCUT2D eigenvalue weighted by Crippen LogP contribution is -1.70. The SMILES string of the molecule is Cc1coc2c1N=[C+]C2. The Labute approximate surface area is 53.2 Å². The van der Waals surface area contributed by atoms with Gasteiger partial charge in [0.15, 0.2) is 12.6 Å². The fourth-order valence-corrected chi connectivity index (χ4v) is 0.957. The van der Waals surface area contributed by atoms with Crippen molar-refractivity contribution in [2.75, 3.05) is 0 Å². The highest BCUT2D eigenvalue weighted by molar-refractivity contribution is 5.75. The molecule has 0 saturated heterocycles. The summed E-state index contributed by atoms with van der Waals surface area (Å²) < 4.78 is 5.15. The fraction of sp³-hybridized carbons (Fsp3) is 0.286. The lowest BCUT2D eigenvalue weighted by molar-refractivity contribution is 0.529. The molecule has 0 aliphatic carbocycles. The molecule has 0 unspecified atom stereocenters. The third-order valence-electron chi connectivity index (χ3n) is 1.45. The molecular formula is C7H6NO+. The standard InChI is InChI=1S/C7H6NO/c1-5-4-9-6-2-3-8-7(5)6/h4H,2H2,1H3/q+1. The molecule has 0 saturated carbocycles. The number of nitrogens with zero attached hydrogens (tertiary/aromatic N) is 1. The Kier molecular flexibility index (Phi) is 0.746. The van der Waals surface area contributed by atoms with E-state index in [4.69, 9.17) is 4.42 Å².